The monoisotopic (exact) mass is 397 g/mol. The van der Waals surface area contributed by atoms with Gasteiger partial charge in [0.15, 0.2) is 6.61 Å². The molecule has 0 atom stereocenters. The molecule has 0 saturated heterocycles. The molecule has 11 heteroatoms. The van der Waals surface area contributed by atoms with Gasteiger partial charge in [-0.15, -0.1) is 5.10 Å². The zero-order chi connectivity index (χ0) is 19.4. The second kappa shape index (κ2) is 7.62. The number of alkyl halides is 3. The summed E-state index contributed by atoms with van der Waals surface area (Å²) >= 11 is 5.83. The Balaban J connectivity index is 1.60. The van der Waals surface area contributed by atoms with Crippen LogP contribution in [0.3, 0.4) is 0 Å². The van der Waals surface area contributed by atoms with Crippen LogP contribution in [0.25, 0.3) is 5.69 Å². The molecule has 0 fully saturated rings. The molecule has 0 radical (unpaired) electrons. The van der Waals surface area contributed by atoms with Gasteiger partial charge in [-0.3, -0.25) is 4.79 Å². The van der Waals surface area contributed by atoms with Crippen molar-refractivity contribution in [1.29, 1.82) is 0 Å². The van der Waals surface area contributed by atoms with Crippen LogP contribution < -0.4 is 10.1 Å². The van der Waals surface area contributed by atoms with Crippen molar-refractivity contribution in [2.24, 2.45) is 0 Å². The molecule has 1 N–H and O–H groups in total. The topological polar surface area (TPSA) is 81.9 Å². The smallest absolute Gasteiger partial charge is 0.416 e. The number of hydrogen-bond donors (Lipinski definition) is 1. The zero-order valence-electron chi connectivity index (χ0n) is 13.4. The molecule has 1 amide bonds. The number of benzene rings is 2. The molecule has 3 rings (SSSR count). The van der Waals surface area contributed by atoms with Gasteiger partial charge < -0.3 is 10.1 Å². The van der Waals surface area contributed by atoms with Gasteiger partial charge in [0, 0.05) is 0 Å². The Morgan fingerprint density at radius 1 is 1.19 bits per heavy atom. The highest BCUT2D eigenvalue weighted by molar-refractivity contribution is 6.33. The maximum Gasteiger partial charge on any atom is 0.416 e. The minimum Gasteiger partial charge on any atom is -0.484 e. The maximum atomic E-state index is 12.7. The Labute approximate surface area is 155 Å². The molecule has 0 spiro atoms. The van der Waals surface area contributed by atoms with Crippen LogP contribution in [0.1, 0.15) is 5.56 Å². The SMILES string of the molecule is O=C(COc1ccc(-n2cnnn2)cc1)Nc1cc(C(F)(F)F)ccc1Cl. The molecule has 0 aliphatic rings. The van der Waals surface area contributed by atoms with E-state index in [1.165, 1.54) is 11.0 Å². The van der Waals surface area contributed by atoms with E-state index in [1.807, 2.05) is 0 Å². The van der Waals surface area contributed by atoms with Crippen LogP contribution >= 0.6 is 11.6 Å². The van der Waals surface area contributed by atoms with Crippen LogP contribution in [0.2, 0.25) is 5.02 Å². The number of carbonyl (C=O) groups excluding carboxylic acids is 1. The van der Waals surface area contributed by atoms with Gasteiger partial charge in [-0.2, -0.15) is 13.2 Å². The summed E-state index contributed by atoms with van der Waals surface area (Å²) in [6, 6.07) is 9.21. The van der Waals surface area contributed by atoms with Crippen molar-refractivity contribution >= 4 is 23.2 Å². The maximum absolute atomic E-state index is 12.7. The Morgan fingerprint density at radius 2 is 1.93 bits per heavy atom. The molecule has 3 aromatic rings. The van der Waals surface area contributed by atoms with Crippen molar-refractivity contribution < 1.29 is 22.7 Å². The first-order valence-electron chi connectivity index (χ1n) is 7.46. The molecular weight excluding hydrogens is 387 g/mol. The fourth-order valence-electron chi connectivity index (χ4n) is 2.11. The number of anilines is 1. The average Bonchev–Trinajstić information content (AvgIpc) is 3.16. The average molecular weight is 398 g/mol. The van der Waals surface area contributed by atoms with E-state index in [9.17, 15) is 18.0 Å². The fourth-order valence-corrected chi connectivity index (χ4v) is 2.27. The summed E-state index contributed by atoms with van der Waals surface area (Å²) < 4.78 is 45.0. The van der Waals surface area contributed by atoms with Crippen molar-refractivity contribution in [2.45, 2.75) is 6.18 Å². The third kappa shape index (κ3) is 4.73. The van der Waals surface area contributed by atoms with Crippen LogP contribution in [0.4, 0.5) is 18.9 Å². The van der Waals surface area contributed by atoms with E-state index in [2.05, 4.69) is 20.8 Å². The summed E-state index contributed by atoms with van der Waals surface area (Å²) in [6.07, 6.45) is -3.12. The summed E-state index contributed by atoms with van der Waals surface area (Å²) in [5.41, 5.74) is -0.372. The lowest BCUT2D eigenvalue weighted by Gasteiger charge is -2.12. The van der Waals surface area contributed by atoms with Crippen LogP contribution in [-0.2, 0) is 11.0 Å². The van der Waals surface area contributed by atoms with E-state index in [4.69, 9.17) is 16.3 Å². The number of halogens is 4. The molecule has 0 saturated carbocycles. The molecule has 0 bridgehead atoms. The molecular formula is C16H11ClF3N5O2. The van der Waals surface area contributed by atoms with Gasteiger partial charge in [0.1, 0.15) is 12.1 Å². The van der Waals surface area contributed by atoms with E-state index in [1.54, 1.807) is 24.3 Å². The highest BCUT2D eigenvalue weighted by Crippen LogP contribution is 2.33. The van der Waals surface area contributed by atoms with Gasteiger partial charge in [0.2, 0.25) is 0 Å². The van der Waals surface area contributed by atoms with E-state index in [-0.39, 0.29) is 10.7 Å². The van der Waals surface area contributed by atoms with Crippen LogP contribution in [0.15, 0.2) is 48.8 Å². The fraction of sp³-hybridized carbons (Fsp3) is 0.125. The first-order valence-corrected chi connectivity index (χ1v) is 7.83. The first kappa shape index (κ1) is 18.6. The summed E-state index contributed by atoms with van der Waals surface area (Å²) in [7, 11) is 0. The second-order valence-corrected chi connectivity index (χ2v) is 5.68. The van der Waals surface area contributed by atoms with Gasteiger partial charge in [-0.1, -0.05) is 11.6 Å². The Hall–Kier alpha value is -3.14. The number of hydrogen-bond acceptors (Lipinski definition) is 5. The molecule has 1 aromatic heterocycles. The van der Waals surface area contributed by atoms with Crippen LogP contribution in [0.5, 0.6) is 5.75 Å². The molecule has 27 heavy (non-hydrogen) atoms. The number of aromatic nitrogens is 4. The predicted molar refractivity (Wildman–Crippen MR) is 89.7 cm³/mol. The Kier molecular flexibility index (Phi) is 5.26. The number of amides is 1. The molecule has 1 heterocycles. The van der Waals surface area contributed by atoms with E-state index in [0.717, 1.165) is 18.2 Å². The third-order valence-corrected chi connectivity index (χ3v) is 3.72. The van der Waals surface area contributed by atoms with E-state index in [0.29, 0.717) is 11.4 Å². The molecule has 0 aliphatic carbocycles. The van der Waals surface area contributed by atoms with Gasteiger partial charge in [-0.05, 0) is 52.9 Å². The minimum absolute atomic E-state index is 0.0119. The zero-order valence-corrected chi connectivity index (χ0v) is 14.2. The number of nitrogens with zero attached hydrogens (tertiary/aromatic N) is 4. The van der Waals surface area contributed by atoms with Gasteiger partial charge in [0.05, 0.1) is 22.0 Å². The number of rotatable bonds is 5. The molecule has 7 nitrogen and oxygen atoms in total. The first-order chi connectivity index (χ1) is 12.8. The molecule has 0 unspecified atom stereocenters. The number of ether oxygens (including phenoxy) is 1. The Bertz CT molecular complexity index is 930. The standard InChI is InChI=1S/C16H11ClF3N5O2/c17-13-6-1-10(16(18,19)20)7-14(13)22-15(26)8-27-12-4-2-11(3-5-12)25-9-21-23-24-25/h1-7,9H,8H2,(H,22,26). The van der Waals surface area contributed by atoms with Crippen molar-refractivity contribution in [2.75, 3.05) is 11.9 Å². The minimum atomic E-state index is -4.54. The molecule has 2 aromatic carbocycles. The normalized spacial score (nSPS) is 11.3. The quantitative estimate of drug-likeness (QED) is 0.714. The summed E-state index contributed by atoms with van der Waals surface area (Å²) in [5, 5.41) is 13.0. The van der Waals surface area contributed by atoms with Gasteiger partial charge in [0.25, 0.3) is 5.91 Å². The van der Waals surface area contributed by atoms with E-state index >= 15 is 0 Å². The third-order valence-electron chi connectivity index (χ3n) is 3.39. The van der Waals surface area contributed by atoms with E-state index < -0.39 is 24.3 Å². The van der Waals surface area contributed by atoms with Crippen molar-refractivity contribution in [3.05, 3.63) is 59.4 Å². The molecule has 140 valence electrons. The molecule has 0 aliphatic heterocycles. The number of carbonyl (C=O) groups is 1. The lowest BCUT2D eigenvalue weighted by atomic mass is 10.2. The van der Waals surface area contributed by atoms with Crippen molar-refractivity contribution in [3.8, 4) is 11.4 Å². The second-order valence-electron chi connectivity index (χ2n) is 5.28. The van der Waals surface area contributed by atoms with Crippen molar-refractivity contribution in [1.82, 2.24) is 20.2 Å². The Morgan fingerprint density at radius 3 is 2.56 bits per heavy atom. The number of tetrazole rings is 1. The van der Waals surface area contributed by atoms with Crippen molar-refractivity contribution in [3.63, 3.8) is 0 Å². The highest BCUT2D eigenvalue weighted by Gasteiger charge is 2.31. The lowest BCUT2D eigenvalue weighted by molar-refractivity contribution is -0.137. The van der Waals surface area contributed by atoms with Gasteiger partial charge in [-0.25, -0.2) is 4.68 Å². The number of nitrogens with one attached hydrogen (secondary N) is 1. The largest absolute Gasteiger partial charge is 0.484 e. The van der Waals surface area contributed by atoms with Crippen LogP contribution in [-0.4, -0.2) is 32.7 Å². The van der Waals surface area contributed by atoms with Crippen LogP contribution in [0, 0.1) is 0 Å². The lowest BCUT2D eigenvalue weighted by Crippen LogP contribution is -2.20. The van der Waals surface area contributed by atoms with Gasteiger partial charge >= 0.3 is 6.18 Å². The summed E-state index contributed by atoms with van der Waals surface area (Å²) in [4.78, 5) is 11.9. The summed E-state index contributed by atoms with van der Waals surface area (Å²) in [6.45, 7) is -0.406. The summed E-state index contributed by atoms with van der Waals surface area (Å²) in [5.74, 6) is -0.266. The highest BCUT2D eigenvalue weighted by atomic mass is 35.5. The predicted octanol–water partition coefficient (Wildman–Crippen LogP) is 3.35.